The summed E-state index contributed by atoms with van der Waals surface area (Å²) in [5.74, 6) is -2.20. The van der Waals surface area contributed by atoms with E-state index in [2.05, 4.69) is 0 Å². The average Bonchev–Trinajstić information content (AvgIpc) is 1.96. The molecule has 0 saturated heterocycles. The predicted molar refractivity (Wildman–Crippen MR) is 58.6 cm³/mol. The fourth-order valence-electron chi connectivity index (χ4n) is 0.402. The number of carboxylic acid groups (broad SMARTS) is 2. The number of rotatable bonds is 4. The highest BCUT2D eigenvalue weighted by Gasteiger charge is 2.12. The van der Waals surface area contributed by atoms with Crippen molar-refractivity contribution in [2.75, 3.05) is 0 Å². The Morgan fingerprint density at radius 1 is 1.20 bits per heavy atom. The molecule has 0 aromatic rings. The quantitative estimate of drug-likeness (QED) is 0.688. The SMILES string of the molecule is ClC(Cl)(Cl)Cl.NC(CCC(=O)O)C(=O)O. The van der Waals surface area contributed by atoms with Crippen molar-refractivity contribution in [3.05, 3.63) is 0 Å². The maximum absolute atomic E-state index is 9.99. The van der Waals surface area contributed by atoms with Crippen LogP contribution in [0.15, 0.2) is 0 Å². The first kappa shape index (κ1) is 17.5. The van der Waals surface area contributed by atoms with Gasteiger partial charge in [-0.3, -0.25) is 9.59 Å². The van der Waals surface area contributed by atoms with Gasteiger partial charge in [0.15, 0.2) is 0 Å². The molecule has 90 valence electrons. The van der Waals surface area contributed by atoms with E-state index in [0.717, 1.165) is 0 Å². The van der Waals surface area contributed by atoms with Gasteiger partial charge in [0.1, 0.15) is 6.04 Å². The lowest BCUT2D eigenvalue weighted by atomic mass is 10.2. The van der Waals surface area contributed by atoms with Gasteiger partial charge in [-0.15, -0.1) is 0 Å². The van der Waals surface area contributed by atoms with E-state index >= 15 is 0 Å². The molecule has 0 bridgehead atoms. The minimum Gasteiger partial charge on any atom is -0.481 e. The summed E-state index contributed by atoms with van der Waals surface area (Å²) in [4.78, 5) is 19.9. The van der Waals surface area contributed by atoms with Crippen molar-refractivity contribution >= 4 is 58.3 Å². The number of halogens is 4. The molecule has 5 nitrogen and oxygen atoms in total. The molecule has 0 spiro atoms. The standard InChI is InChI=1S/C5H9NO4.CCl4/c6-3(5(9)10)1-2-4(7)8;2-1(3,4)5/h3H,1-2,6H2,(H,7,8)(H,9,10);. The van der Waals surface area contributed by atoms with E-state index in [1.165, 1.54) is 0 Å². The van der Waals surface area contributed by atoms with E-state index in [1.54, 1.807) is 0 Å². The Hall–Kier alpha value is 0.0600. The highest BCUT2D eigenvalue weighted by atomic mass is 35.6. The Bertz CT molecular complexity index is 212. The molecule has 1 atom stereocenters. The molecule has 0 radical (unpaired) electrons. The van der Waals surface area contributed by atoms with Gasteiger partial charge in [0.2, 0.25) is 0 Å². The topological polar surface area (TPSA) is 101 Å². The molecular formula is C6H9Cl4NO4. The molecule has 0 fully saturated rings. The van der Waals surface area contributed by atoms with Crippen LogP contribution in [0.4, 0.5) is 0 Å². The minimum absolute atomic E-state index is 0.0231. The van der Waals surface area contributed by atoms with Crippen LogP contribution in [0.2, 0.25) is 0 Å². The zero-order valence-electron chi connectivity index (χ0n) is 7.29. The lowest BCUT2D eigenvalue weighted by Crippen LogP contribution is -2.30. The molecule has 4 N–H and O–H groups in total. The Balaban J connectivity index is 0. The van der Waals surface area contributed by atoms with Crippen molar-refractivity contribution in [2.24, 2.45) is 5.73 Å². The fraction of sp³-hybridized carbons (Fsp3) is 0.667. The molecule has 9 heteroatoms. The number of carboxylic acids is 2. The van der Waals surface area contributed by atoms with Crippen molar-refractivity contribution in [2.45, 2.75) is 22.1 Å². The van der Waals surface area contributed by atoms with E-state index in [1.807, 2.05) is 0 Å². The normalized spacial score (nSPS) is 12.3. The minimum atomic E-state index is -1.61. The van der Waals surface area contributed by atoms with Crippen LogP contribution in [-0.2, 0) is 9.59 Å². The van der Waals surface area contributed by atoms with Gasteiger partial charge in [-0.2, -0.15) is 0 Å². The third-order valence-corrected chi connectivity index (χ3v) is 0.986. The first-order valence-corrected chi connectivity index (χ1v) is 5.01. The summed E-state index contributed by atoms with van der Waals surface area (Å²) >= 11 is 19.3. The van der Waals surface area contributed by atoms with Gasteiger partial charge in [-0.05, 0) is 6.42 Å². The highest BCUT2D eigenvalue weighted by molar-refractivity contribution is 6.83. The largest absolute Gasteiger partial charge is 0.481 e. The smallest absolute Gasteiger partial charge is 0.320 e. The summed E-state index contributed by atoms with van der Waals surface area (Å²) in [7, 11) is 0. The number of aliphatic carboxylic acids is 2. The monoisotopic (exact) mass is 299 g/mol. The van der Waals surface area contributed by atoms with Crippen LogP contribution in [0, 0.1) is 0 Å². The van der Waals surface area contributed by atoms with Crippen LogP contribution < -0.4 is 5.73 Å². The number of hydrogen-bond acceptors (Lipinski definition) is 3. The molecule has 0 aromatic carbocycles. The Labute approximate surface area is 106 Å². The first-order chi connectivity index (χ1) is 6.54. The molecule has 0 aromatic heterocycles. The van der Waals surface area contributed by atoms with Gasteiger partial charge in [0.25, 0.3) is 3.25 Å². The van der Waals surface area contributed by atoms with Crippen LogP contribution in [0.1, 0.15) is 12.8 Å². The van der Waals surface area contributed by atoms with Crippen LogP contribution in [0.3, 0.4) is 0 Å². The second kappa shape index (κ2) is 8.24. The fourth-order valence-corrected chi connectivity index (χ4v) is 0.402. The zero-order valence-corrected chi connectivity index (χ0v) is 10.3. The first-order valence-electron chi connectivity index (χ1n) is 3.50. The zero-order chi connectivity index (χ0) is 12.6. The molecule has 15 heavy (non-hydrogen) atoms. The van der Waals surface area contributed by atoms with Gasteiger partial charge < -0.3 is 15.9 Å². The molecule has 1 unspecified atom stereocenters. The van der Waals surface area contributed by atoms with Crippen LogP contribution >= 0.6 is 46.4 Å². The van der Waals surface area contributed by atoms with Crippen LogP contribution in [0.5, 0.6) is 0 Å². The van der Waals surface area contributed by atoms with Crippen molar-refractivity contribution < 1.29 is 19.8 Å². The van der Waals surface area contributed by atoms with Gasteiger partial charge in [-0.25, -0.2) is 0 Å². The van der Waals surface area contributed by atoms with Gasteiger partial charge in [0, 0.05) is 6.42 Å². The summed E-state index contributed by atoms with van der Waals surface area (Å²) in [5.41, 5.74) is 5.00. The average molecular weight is 301 g/mol. The predicted octanol–water partition coefficient (Wildman–Crippen LogP) is 1.82. The van der Waals surface area contributed by atoms with Crippen molar-refractivity contribution in [1.29, 1.82) is 0 Å². The summed E-state index contributed by atoms with van der Waals surface area (Å²) in [6.07, 6.45) is -0.224. The van der Waals surface area contributed by atoms with Gasteiger partial charge >= 0.3 is 11.9 Å². The van der Waals surface area contributed by atoms with Gasteiger partial charge in [0.05, 0.1) is 0 Å². The van der Waals surface area contributed by atoms with Crippen molar-refractivity contribution in [3.8, 4) is 0 Å². The third-order valence-electron chi connectivity index (χ3n) is 0.986. The highest BCUT2D eigenvalue weighted by Crippen LogP contribution is 2.29. The summed E-state index contributed by atoms with van der Waals surface area (Å²) in [5, 5.41) is 16.3. The summed E-state index contributed by atoms with van der Waals surface area (Å²) < 4.78 is -1.61. The maximum atomic E-state index is 9.99. The lowest BCUT2D eigenvalue weighted by Gasteiger charge is -2.01. The number of alkyl halides is 4. The number of nitrogens with two attached hydrogens (primary N) is 1. The van der Waals surface area contributed by atoms with Crippen molar-refractivity contribution in [3.63, 3.8) is 0 Å². The van der Waals surface area contributed by atoms with Crippen molar-refractivity contribution in [1.82, 2.24) is 0 Å². The number of carbonyl (C=O) groups is 2. The second-order valence-corrected chi connectivity index (χ2v) is 5.73. The van der Waals surface area contributed by atoms with E-state index in [9.17, 15) is 9.59 Å². The molecular weight excluding hydrogens is 292 g/mol. The molecule has 0 aliphatic carbocycles. The maximum Gasteiger partial charge on any atom is 0.320 e. The molecule has 0 amide bonds. The lowest BCUT2D eigenvalue weighted by molar-refractivity contribution is -0.139. The molecule has 0 heterocycles. The van der Waals surface area contributed by atoms with E-state index in [-0.39, 0.29) is 12.8 Å². The molecule has 0 saturated carbocycles. The van der Waals surface area contributed by atoms with E-state index in [0.29, 0.717) is 0 Å². The Morgan fingerprint density at radius 2 is 1.53 bits per heavy atom. The van der Waals surface area contributed by atoms with E-state index < -0.39 is 21.2 Å². The Morgan fingerprint density at radius 3 is 1.73 bits per heavy atom. The molecule has 0 aliphatic heterocycles. The van der Waals surface area contributed by atoms with Gasteiger partial charge in [-0.1, -0.05) is 46.4 Å². The van der Waals surface area contributed by atoms with E-state index in [4.69, 9.17) is 62.4 Å². The Kier molecular flexibility index (Phi) is 9.59. The molecule has 0 aliphatic rings. The number of hydrogen-bond donors (Lipinski definition) is 3. The van der Waals surface area contributed by atoms with Crippen LogP contribution in [-0.4, -0.2) is 31.4 Å². The third kappa shape index (κ3) is 24.9. The summed E-state index contributed by atoms with van der Waals surface area (Å²) in [6, 6.07) is -1.06. The van der Waals surface area contributed by atoms with Crippen LogP contribution in [0.25, 0.3) is 0 Å². The molecule has 0 rings (SSSR count). The second-order valence-electron chi connectivity index (χ2n) is 2.31. The summed E-state index contributed by atoms with van der Waals surface area (Å²) in [6.45, 7) is 0.